The van der Waals surface area contributed by atoms with Crippen molar-refractivity contribution in [3.05, 3.63) is 16.3 Å². The highest BCUT2D eigenvalue weighted by atomic mass is 16.6. The van der Waals surface area contributed by atoms with E-state index >= 15 is 0 Å². The average molecular weight is 211 g/mol. The SMILES string of the molecule is CC(C)C1COc2nc([N+](=O)[O-])cn2C1. The monoisotopic (exact) mass is 211 g/mol. The summed E-state index contributed by atoms with van der Waals surface area (Å²) in [6.45, 7) is 5.56. The molecule has 0 radical (unpaired) electrons. The molecule has 0 fully saturated rings. The fourth-order valence-electron chi connectivity index (χ4n) is 1.61. The van der Waals surface area contributed by atoms with Crippen LogP contribution in [0.2, 0.25) is 0 Å². The van der Waals surface area contributed by atoms with Crippen LogP contribution in [0.15, 0.2) is 6.20 Å². The van der Waals surface area contributed by atoms with Crippen molar-refractivity contribution in [2.75, 3.05) is 6.61 Å². The van der Waals surface area contributed by atoms with Crippen LogP contribution in [0.3, 0.4) is 0 Å². The molecule has 1 aliphatic rings. The maximum Gasteiger partial charge on any atom is 0.414 e. The van der Waals surface area contributed by atoms with E-state index in [1.54, 1.807) is 4.57 Å². The quantitative estimate of drug-likeness (QED) is 0.548. The summed E-state index contributed by atoms with van der Waals surface area (Å²) in [6, 6.07) is 0.360. The molecule has 0 aliphatic carbocycles. The van der Waals surface area contributed by atoms with Gasteiger partial charge in [-0.2, -0.15) is 0 Å². The molecule has 0 saturated heterocycles. The van der Waals surface area contributed by atoms with Crippen molar-refractivity contribution >= 4 is 5.82 Å². The third-order valence-corrected chi connectivity index (χ3v) is 2.71. The largest absolute Gasteiger partial charge is 0.445 e. The highest BCUT2D eigenvalue weighted by Crippen LogP contribution is 2.26. The van der Waals surface area contributed by atoms with Crippen LogP contribution in [0.5, 0.6) is 6.01 Å². The smallest absolute Gasteiger partial charge is 0.414 e. The third-order valence-electron chi connectivity index (χ3n) is 2.71. The molecule has 0 spiro atoms. The second-order valence-corrected chi connectivity index (χ2v) is 4.11. The summed E-state index contributed by atoms with van der Waals surface area (Å²) in [5, 5.41) is 10.5. The van der Waals surface area contributed by atoms with Crippen molar-refractivity contribution in [2.24, 2.45) is 11.8 Å². The first-order valence-electron chi connectivity index (χ1n) is 4.92. The van der Waals surface area contributed by atoms with Gasteiger partial charge >= 0.3 is 11.8 Å². The van der Waals surface area contributed by atoms with E-state index in [-0.39, 0.29) is 5.82 Å². The number of ether oxygens (including phenoxy) is 1. The Labute approximate surface area is 87.0 Å². The Balaban J connectivity index is 2.23. The van der Waals surface area contributed by atoms with Gasteiger partial charge in [-0.3, -0.25) is 4.57 Å². The molecular formula is C9H13N3O3. The molecular weight excluding hydrogens is 198 g/mol. The zero-order valence-electron chi connectivity index (χ0n) is 8.71. The fourth-order valence-corrected chi connectivity index (χ4v) is 1.61. The molecule has 2 rings (SSSR count). The van der Waals surface area contributed by atoms with Gasteiger partial charge in [0.2, 0.25) is 0 Å². The van der Waals surface area contributed by atoms with Crippen LogP contribution in [-0.2, 0) is 6.54 Å². The second kappa shape index (κ2) is 3.52. The fraction of sp³-hybridized carbons (Fsp3) is 0.667. The minimum Gasteiger partial charge on any atom is -0.445 e. The van der Waals surface area contributed by atoms with E-state index in [4.69, 9.17) is 4.74 Å². The van der Waals surface area contributed by atoms with Crippen molar-refractivity contribution in [3.8, 4) is 6.01 Å². The predicted octanol–water partition coefficient (Wildman–Crippen LogP) is 1.46. The molecule has 0 bridgehead atoms. The predicted molar refractivity (Wildman–Crippen MR) is 52.7 cm³/mol. The van der Waals surface area contributed by atoms with E-state index in [2.05, 4.69) is 18.8 Å². The van der Waals surface area contributed by atoms with Gasteiger partial charge in [0.15, 0.2) is 0 Å². The molecule has 1 aliphatic heterocycles. The van der Waals surface area contributed by atoms with E-state index in [1.807, 2.05) is 0 Å². The minimum absolute atomic E-state index is 0.144. The molecule has 0 saturated carbocycles. The first-order valence-corrected chi connectivity index (χ1v) is 4.92. The lowest BCUT2D eigenvalue weighted by Crippen LogP contribution is -2.28. The number of hydrogen-bond donors (Lipinski definition) is 0. The molecule has 1 unspecified atom stereocenters. The number of nitrogens with zero attached hydrogens (tertiary/aromatic N) is 3. The molecule has 0 aromatic carbocycles. The van der Waals surface area contributed by atoms with E-state index in [0.717, 1.165) is 6.54 Å². The van der Waals surface area contributed by atoms with Crippen molar-refractivity contribution in [1.82, 2.24) is 9.55 Å². The first kappa shape index (κ1) is 9.95. The lowest BCUT2D eigenvalue weighted by atomic mass is 9.96. The summed E-state index contributed by atoms with van der Waals surface area (Å²) in [5.74, 6) is 0.750. The number of rotatable bonds is 2. The van der Waals surface area contributed by atoms with Crippen molar-refractivity contribution in [3.63, 3.8) is 0 Å². The summed E-state index contributed by atoms with van der Waals surface area (Å²) in [7, 11) is 0. The zero-order chi connectivity index (χ0) is 11.0. The molecule has 82 valence electrons. The maximum atomic E-state index is 10.5. The van der Waals surface area contributed by atoms with Gasteiger partial charge in [0.25, 0.3) is 0 Å². The van der Waals surface area contributed by atoms with E-state index in [0.29, 0.717) is 24.5 Å². The van der Waals surface area contributed by atoms with Gasteiger partial charge in [-0.15, -0.1) is 0 Å². The average Bonchev–Trinajstić information content (AvgIpc) is 2.59. The van der Waals surface area contributed by atoms with Gasteiger partial charge in [0.1, 0.15) is 6.20 Å². The Morgan fingerprint density at radius 2 is 2.47 bits per heavy atom. The van der Waals surface area contributed by atoms with Crippen LogP contribution in [0.1, 0.15) is 13.8 Å². The van der Waals surface area contributed by atoms with E-state index < -0.39 is 4.92 Å². The molecule has 0 N–H and O–H groups in total. The van der Waals surface area contributed by atoms with Crippen LogP contribution >= 0.6 is 0 Å². The number of imidazole rings is 1. The Kier molecular flexibility index (Phi) is 2.34. The Morgan fingerprint density at radius 1 is 1.73 bits per heavy atom. The molecule has 1 atom stereocenters. The number of nitro groups is 1. The van der Waals surface area contributed by atoms with Gasteiger partial charge in [0.05, 0.1) is 6.61 Å². The molecule has 6 nitrogen and oxygen atoms in total. The summed E-state index contributed by atoms with van der Waals surface area (Å²) in [4.78, 5) is 13.8. The van der Waals surface area contributed by atoms with Crippen molar-refractivity contribution in [1.29, 1.82) is 0 Å². The standard InChI is InChI=1S/C9H13N3O3/c1-6(2)7-3-11-4-8(12(13)14)10-9(11)15-5-7/h4,6-7H,3,5H2,1-2H3. The topological polar surface area (TPSA) is 70.2 Å². The van der Waals surface area contributed by atoms with Gasteiger partial charge < -0.3 is 14.9 Å². The molecule has 1 aromatic rings. The number of hydrogen-bond acceptors (Lipinski definition) is 4. The van der Waals surface area contributed by atoms with Gasteiger partial charge in [-0.25, -0.2) is 0 Å². The Hall–Kier alpha value is -1.59. The normalized spacial score (nSPS) is 19.8. The van der Waals surface area contributed by atoms with Crippen LogP contribution in [0.25, 0.3) is 0 Å². The summed E-state index contributed by atoms with van der Waals surface area (Å²) >= 11 is 0. The van der Waals surface area contributed by atoms with Crippen molar-refractivity contribution in [2.45, 2.75) is 20.4 Å². The van der Waals surface area contributed by atoms with Crippen LogP contribution < -0.4 is 4.74 Å². The lowest BCUT2D eigenvalue weighted by molar-refractivity contribution is -0.389. The Morgan fingerprint density at radius 3 is 3.07 bits per heavy atom. The number of aromatic nitrogens is 2. The Bertz CT molecular complexity index is 386. The second-order valence-electron chi connectivity index (χ2n) is 4.11. The molecule has 2 heterocycles. The first-order chi connectivity index (χ1) is 7.08. The van der Waals surface area contributed by atoms with Crippen LogP contribution in [-0.4, -0.2) is 21.1 Å². The van der Waals surface area contributed by atoms with E-state index in [1.165, 1.54) is 6.20 Å². The summed E-state index contributed by atoms with van der Waals surface area (Å²) < 4.78 is 7.09. The summed E-state index contributed by atoms with van der Waals surface area (Å²) in [5.41, 5.74) is 0. The third kappa shape index (κ3) is 1.79. The molecule has 1 aromatic heterocycles. The lowest BCUT2D eigenvalue weighted by Gasteiger charge is -2.24. The molecule has 15 heavy (non-hydrogen) atoms. The molecule has 0 amide bonds. The highest BCUT2D eigenvalue weighted by Gasteiger charge is 2.28. The van der Waals surface area contributed by atoms with Crippen LogP contribution in [0, 0.1) is 22.0 Å². The summed E-state index contributed by atoms with van der Waals surface area (Å²) in [6.07, 6.45) is 1.43. The van der Waals surface area contributed by atoms with Crippen molar-refractivity contribution < 1.29 is 9.66 Å². The zero-order valence-corrected chi connectivity index (χ0v) is 8.71. The van der Waals surface area contributed by atoms with Gasteiger partial charge in [0, 0.05) is 17.4 Å². The highest BCUT2D eigenvalue weighted by molar-refractivity contribution is 5.21. The molecule has 6 heteroatoms. The maximum absolute atomic E-state index is 10.5. The van der Waals surface area contributed by atoms with E-state index in [9.17, 15) is 10.1 Å². The van der Waals surface area contributed by atoms with Gasteiger partial charge in [-0.05, 0) is 10.8 Å². The number of fused-ring (bicyclic) bond motifs is 1. The minimum atomic E-state index is -0.501. The van der Waals surface area contributed by atoms with Crippen LogP contribution in [0.4, 0.5) is 5.82 Å². The van der Waals surface area contributed by atoms with Gasteiger partial charge in [-0.1, -0.05) is 13.8 Å².